The van der Waals surface area contributed by atoms with Crippen molar-refractivity contribution in [2.45, 2.75) is 25.4 Å². The Labute approximate surface area is 239 Å². The van der Waals surface area contributed by atoms with E-state index in [2.05, 4.69) is 16.2 Å². The summed E-state index contributed by atoms with van der Waals surface area (Å²) in [6.07, 6.45) is -0.318. The number of amides is 5. The number of hydrazine groups is 1. The molecule has 0 saturated heterocycles. The number of carbonyl (C=O) groups excluding carboxylic acids is 5. The second-order valence-corrected chi connectivity index (χ2v) is 9.75. The molecule has 1 aliphatic heterocycles. The number of primary amides is 1. The first-order valence-corrected chi connectivity index (χ1v) is 13.1. The molecule has 1 aliphatic rings. The van der Waals surface area contributed by atoms with Gasteiger partial charge in [-0.2, -0.15) is 0 Å². The summed E-state index contributed by atoms with van der Waals surface area (Å²) < 4.78 is 13.2. The van der Waals surface area contributed by atoms with Crippen LogP contribution < -0.4 is 26.8 Å². The summed E-state index contributed by atoms with van der Waals surface area (Å²) in [4.78, 5) is 64.0. The molecule has 1 unspecified atom stereocenters. The molecule has 1 heterocycles. The van der Waals surface area contributed by atoms with Crippen LogP contribution in [0.5, 0.6) is 0 Å². The Morgan fingerprint density at radius 2 is 1.45 bits per heavy atom. The SMILES string of the molecule is NC(=O)CCC(NC(=O)c1ccc(F)cc1)C(=O)NNC(=O)c1ccc(CN2C(=O)c3cccc4cccc2c34)cc1. The Kier molecular flexibility index (Phi) is 7.91. The third-order valence-electron chi connectivity index (χ3n) is 6.91. The van der Waals surface area contributed by atoms with Crippen molar-refractivity contribution in [3.05, 3.63) is 113 Å². The van der Waals surface area contributed by atoms with Gasteiger partial charge in [-0.1, -0.05) is 36.4 Å². The Bertz CT molecular complexity index is 1700. The van der Waals surface area contributed by atoms with Crippen molar-refractivity contribution in [1.29, 1.82) is 0 Å². The van der Waals surface area contributed by atoms with E-state index in [0.29, 0.717) is 12.1 Å². The van der Waals surface area contributed by atoms with Crippen LogP contribution in [0, 0.1) is 5.82 Å². The summed E-state index contributed by atoms with van der Waals surface area (Å²) in [6, 6.07) is 21.4. The predicted octanol–water partition coefficient (Wildman–Crippen LogP) is 2.96. The van der Waals surface area contributed by atoms with Gasteiger partial charge in [0.05, 0.1) is 12.2 Å². The second kappa shape index (κ2) is 11.9. The van der Waals surface area contributed by atoms with Crippen LogP contribution >= 0.6 is 0 Å². The molecular weight excluding hydrogens is 541 g/mol. The first-order valence-electron chi connectivity index (χ1n) is 13.1. The second-order valence-electron chi connectivity index (χ2n) is 9.75. The highest BCUT2D eigenvalue weighted by Crippen LogP contribution is 2.37. The molecule has 0 aliphatic carbocycles. The van der Waals surface area contributed by atoms with Crippen LogP contribution in [0.25, 0.3) is 10.8 Å². The first kappa shape index (κ1) is 28.0. The standard InChI is InChI=1S/C31H26FN5O5/c32-22-13-11-20(12-14-22)28(39)34-24(15-16-26(33)38)30(41)36-35-29(40)21-9-7-18(8-10-21)17-37-25-6-2-4-19-3-1-5-23(27(19)25)31(37)42/h1-14,24H,15-17H2,(H2,33,38)(H,34,39)(H,35,40)(H,36,41). The van der Waals surface area contributed by atoms with E-state index in [1.54, 1.807) is 29.2 Å². The van der Waals surface area contributed by atoms with Crippen LogP contribution in [0.3, 0.4) is 0 Å². The molecular formula is C31H26FN5O5. The molecule has 4 aromatic carbocycles. The van der Waals surface area contributed by atoms with Gasteiger partial charge < -0.3 is 16.0 Å². The molecule has 0 radical (unpaired) electrons. The monoisotopic (exact) mass is 567 g/mol. The van der Waals surface area contributed by atoms with Crippen molar-refractivity contribution < 1.29 is 28.4 Å². The highest BCUT2D eigenvalue weighted by molar-refractivity contribution is 6.24. The van der Waals surface area contributed by atoms with E-state index in [9.17, 15) is 28.4 Å². The Hall–Kier alpha value is -5.58. The molecule has 5 N–H and O–H groups in total. The number of anilines is 1. The molecule has 0 saturated carbocycles. The molecule has 1 atom stereocenters. The molecule has 212 valence electrons. The average molecular weight is 568 g/mol. The molecule has 11 heteroatoms. The van der Waals surface area contributed by atoms with E-state index in [1.165, 1.54) is 12.1 Å². The van der Waals surface area contributed by atoms with E-state index in [0.717, 1.165) is 34.2 Å². The lowest BCUT2D eigenvalue weighted by molar-refractivity contribution is -0.124. The highest BCUT2D eigenvalue weighted by Gasteiger charge is 2.29. The van der Waals surface area contributed by atoms with E-state index in [4.69, 9.17) is 5.73 Å². The van der Waals surface area contributed by atoms with Gasteiger partial charge in [0.15, 0.2) is 0 Å². The zero-order valence-corrected chi connectivity index (χ0v) is 22.2. The number of hydrogen-bond acceptors (Lipinski definition) is 5. The fraction of sp³-hybridized carbons (Fsp3) is 0.129. The molecule has 42 heavy (non-hydrogen) atoms. The summed E-state index contributed by atoms with van der Waals surface area (Å²) >= 11 is 0. The molecule has 0 bridgehead atoms. The number of halogens is 1. The Balaban J connectivity index is 1.20. The molecule has 0 fully saturated rings. The first-order chi connectivity index (χ1) is 20.2. The van der Waals surface area contributed by atoms with Crippen LogP contribution in [-0.4, -0.2) is 35.6 Å². The van der Waals surface area contributed by atoms with Crippen LogP contribution in [-0.2, 0) is 16.1 Å². The van der Waals surface area contributed by atoms with E-state index < -0.39 is 35.5 Å². The van der Waals surface area contributed by atoms with E-state index in [-0.39, 0.29) is 29.9 Å². The summed E-state index contributed by atoms with van der Waals surface area (Å²) in [5.41, 5.74) is 12.4. The minimum atomic E-state index is -1.20. The summed E-state index contributed by atoms with van der Waals surface area (Å²) in [5, 5.41) is 4.37. The minimum absolute atomic E-state index is 0.0938. The van der Waals surface area contributed by atoms with Crippen molar-refractivity contribution in [2.75, 3.05) is 4.90 Å². The predicted molar refractivity (Wildman–Crippen MR) is 153 cm³/mol. The van der Waals surface area contributed by atoms with Crippen LogP contribution in [0.1, 0.15) is 49.5 Å². The van der Waals surface area contributed by atoms with Gasteiger partial charge in [0.1, 0.15) is 11.9 Å². The smallest absolute Gasteiger partial charge is 0.269 e. The third-order valence-corrected chi connectivity index (χ3v) is 6.91. The molecule has 4 aromatic rings. The lowest BCUT2D eigenvalue weighted by Gasteiger charge is -2.19. The number of benzene rings is 4. The molecule has 0 aromatic heterocycles. The topological polar surface area (TPSA) is 151 Å². The fourth-order valence-electron chi connectivity index (χ4n) is 4.76. The van der Waals surface area contributed by atoms with Gasteiger partial charge >= 0.3 is 0 Å². The maximum Gasteiger partial charge on any atom is 0.269 e. The van der Waals surface area contributed by atoms with Crippen molar-refractivity contribution in [3.8, 4) is 0 Å². The van der Waals surface area contributed by atoms with Crippen molar-refractivity contribution >= 4 is 46.0 Å². The van der Waals surface area contributed by atoms with Crippen LogP contribution in [0.4, 0.5) is 10.1 Å². The van der Waals surface area contributed by atoms with Crippen molar-refractivity contribution in [3.63, 3.8) is 0 Å². The number of carbonyl (C=O) groups is 5. The van der Waals surface area contributed by atoms with E-state index in [1.807, 2.05) is 36.4 Å². The van der Waals surface area contributed by atoms with Crippen molar-refractivity contribution in [2.24, 2.45) is 5.73 Å². The van der Waals surface area contributed by atoms with Gasteiger partial charge in [0, 0.05) is 28.5 Å². The molecule has 0 spiro atoms. The lowest BCUT2D eigenvalue weighted by Crippen LogP contribution is -2.52. The van der Waals surface area contributed by atoms with Gasteiger partial charge in [0.25, 0.3) is 23.6 Å². The van der Waals surface area contributed by atoms with Gasteiger partial charge in [-0.25, -0.2) is 4.39 Å². The molecule has 5 rings (SSSR count). The minimum Gasteiger partial charge on any atom is -0.370 e. The maximum absolute atomic E-state index is 13.2. The van der Waals surface area contributed by atoms with E-state index >= 15 is 0 Å². The largest absolute Gasteiger partial charge is 0.370 e. The fourth-order valence-corrected chi connectivity index (χ4v) is 4.76. The number of nitrogens with one attached hydrogen (secondary N) is 3. The van der Waals surface area contributed by atoms with Gasteiger partial charge in [-0.3, -0.25) is 34.8 Å². The summed E-state index contributed by atoms with van der Waals surface area (Å²) in [7, 11) is 0. The normalized spacial score (nSPS) is 12.6. The number of nitrogens with zero attached hydrogens (tertiary/aromatic N) is 1. The van der Waals surface area contributed by atoms with Crippen LogP contribution in [0.2, 0.25) is 0 Å². The zero-order valence-electron chi connectivity index (χ0n) is 22.2. The van der Waals surface area contributed by atoms with Gasteiger partial charge in [-0.15, -0.1) is 0 Å². The Morgan fingerprint density at radius 3 is 2.14 bits per heavy atom. The number of nitrogens with two attached hydrogens (primary N) is 1. The lowest BCUT2D eigenvalue weighted by atomic mass is 10.1. The van der Waals surface area contributed by atoms with Crippen molar-refractivity contribution in [1.82, 2.24) is 16.2 Å². The van der Waals surface area contributed by atoms with Gasteiger partial charge in [-0.05, 0) is 65.9 Å². The average Bonchev–Trinajstić information content (AvgIpc) is 3.26. The maximum atomic E-state index is 13.2. The van der Waals surface area contributed by atoms with Gasteiger partial charge in [0.2, 0.25) is 5.91 Å². The van der Waals surface area contributed by atoms with Crippen LogP contribution in [0.15, 0.2) is 84.9 Å². The quantitative estimate of drug-likeness (QED) is 0.229. The zero-order chi connectivity index (χ0) is 29.8. The molecule has 10 nitrogen and oxygen atoms in total. The Morgan fingerprint density at radius 1 is 0.810 bits per heavy atom. The highest BCUT2D eigenvalue weighted by atomic mass is 19.1. The molecule has 5 amide bonds. The number of hydrogen-bond donors (Lipinski definition) is 4. The summed E-state index contributed by atoms with van der Waals surface area (Å²) in [6.45, 7) is 0.306. The number of rotatable bonds is 9. The third kappa shape index (κ3) is 5.94. The summed E-state index contributed by atoms with van der Waals surface area (Å²) in [5.74, 6) is -3.37.